The third-order valence-electron chi connectivity index (χ3n) is 6.87. The molecule has 7 nitrogen and oxygen atoms in total. The predicted octanol–water partition coefficient (Wildman–Crippen LogP) is 5.14. The van der Waals surface area contributed by atoms with Crippen LogP contribution in [-0.2, 0) is 26.2 Å². The number of rotatable bonds is 11. The van der Waals surface area contributed by atoms with E-state index in [1.54, 1.807) is 37.3 Å². The van der Waals surface area contributed by atoms with Crippen LogP contribution in [0, 0.1) is 20.8 Å². The van der Waals surface area contributed by atoms with E-state index in [1.165, 1.54) is 17.0 Å². The Labute approximate surface area is 232 Å². The van der Waals surface area contributed by atoms with Crippen LogP contribution in [-0.4, -0.2) is 43.8 Å². The molecule has 0 heterocycles. The van der Waals surface area contributed by atoms with Crippen molar-refractivity contribution in [1.29, 1.82) is 0 Å². The highest BCUT2D eigenvalue weighted by atomic mass is 32.2. The maximum Gasteiger partial charge on any atom is 0.264 e. The summed E-state index contributed by atoms with van der Waals surface area (Å²) in [7, 11) is -4.08. The van der Waals surface area contributed by atoms with Crippen molar-refractivity contribution in [3.63, 3.8) is 0 Å². The van der Waals surface area contributed by atoms with Crippen LogP contribution in [0.15, 0.2) is 77.7 Å². The maximum absolute atomic E-state index is 14.0. The molecule has 39 heavy (non-hydrogen) atoms. The molecule has 3 aromatic carbocycles. The fraction of sp³-hybridized carbons (Fsp3) is 0.355. The lowest BCUT2D eigenvalue weighted by Gasteiger charge is -2.33. The summed E-state index contributed by atoms with van der Waals surface area (Å²) in [6, 6.07) is 20.3. The summed E-state index contributed by atoms with van der Waals surface area (Å²) in [5.41, 5.74) is 4.02. The number of hydrogen-bond acceptors (Lipinski definition) is 4. The lowest BCUT2D eigenvalue weighted by Crippen LogP contribution is -2.52. The third-order valence-corrected chi connectivity index (χ3v) is 8.66. The Morgan fingerprint density at radius 2 is 1.46 bits per heavy atom. The van der Waals surface area contributed by atoms with Gasteiger partial charge in [-0.05, 0) is 87.6 Å². The molecular formula is C31H39N3O4S. The van der Waals surface area contributed by atoms with Crippen molar-refractivity contribution in [3.05, 3.63) is 95.1 Å². The zero-order valence-electron chi connectivity index (χ0n) is 23.6. The summed E-state index contributed by atoms with van der Waals surface area (Å²) in [6.45, 7) is 11.0. The van der Waals surface area contributed by atoms with Gasteiger partial charge in [0.2, 0.25) is 11.8 Å². The lowest BCUT2D eigenvalue weighted by atomic mass is 10.1. The van der Waals surface area contributed by atoms with E-state index >= 15 is 0 Å². The summed E-state index contributed by atoms with van der Waals surface area (Å²) in [5.74, 6) is -0.751. The predicted molar refractivity (Wildman–Crippen MR) is 156 cm³/mol. The number of carbonyl (C=O) groups is 2. The van der Waals surface area contributed by atoms with Gasteiger partial charge in [0.05, 0.1) is 10.6 Å². The molecule has 0 saturated heterocycles. The Morgan fingerprint density at radius 1 is 0.872 bits per heavy atom. The topological polar surface area (TPSA) is 86.8 Å². The monoisotopic (exact) mass is 549 g/mol. The lowest BCUT2D eigenvalue weighted by molar-refractivity contribution is -0.139. The van der Waals surface area contributed by atoms with E-state index in [2.05, 4.69) is 5.32 Å². The van der Waals surface area contributed by atoms with Crippen LogP contribution in [0.2, 0.25) is 0 Å². The van der Waals surface area contributed by atoms with Crippen LogP contribution in [0.5, 0.6) is 0 Å². The highest BCUT2D eigenvalue weighted by Crippen LogP contribution is 2.27. The number of hydrogen-bond donors (Lipinski definition) is 1. The van der Waals surface area contributed by atoms with Gasteiger partial charge in [-0.25, -0.2) is 8.42 Å². The zero-order chi connectivity index (χ0) is 28.7. The van der Waals surface area contributed by atoms with Crippen LogP contribution in [0.25, 0.3) is 0 Å². The number of nitrogens with zero attached hydrogens (tertiary/aromatic N) is 2. The Balaban J connectivity index is 2.06. The number of sulfonamides is 1. The van der Waals surface area contributed by atoms with Gasteiger partial charge in [0.1, 0.15) is 12.6 Å². The van der Waals surface area contributed by atoms with E-state index in [1.807, 2.05) is 65.0 Å². The SMILES string of the molecule is CCC(C)NC(=O)C(C)N(Cc1ccccc1C)C(=O)CN(c1cc(C)cc(C)c1)S(=O)(=O)c1ccccc1. The average molecular weight is 550 g/mol. The molecule has 0 saturated carbocycles. The van der Waals surface area contributed by atoms with Crippen LogP contribution in [0.3, 0.4) is 0 Å². The number of carbonyl (C=O) groups excluding carboxylic acids is 2. The number of nitrogens with one attached hydrogen (secondary N) is 1. The molecule has 3 rings (SSSR count). The molecule has 0 aliphatic carbocycles. The van der Waals surface area contributed by atoms with E-state index in [-0.39, 0.29) is 23.4 Å². The minimum atomic E-state index is -4.08. The van der Waals surface area contributed by atoms with Crippen molar-refractivity contribution in [2.24, 2.45) is 0 Å². The largest absolute Gasteiger partial charge is 0.352 e. The number of anilines is 1. The van der Waals surface area contributed by atoms with Crippen molar-refractivity contribution in [2.45, 2.75) is 71.5 Å². The summed E-state index contributed by atoms with van der Waals surface area (Å²) >= 11 is 0. The second kappa shape index (κ2) is 12.9. The van der Waals surface area contributed by atoms with Crippen molar-refractivity contribution in [2.75, 3.05) is 10.8 Å². The van der Waals surface area contributed by atoms with Gasteiger partial charge in [0.25, 0.3) is 10.0 Å². The first-order chi connectivity index (χ1) is 18.4. The fourth-order valence-corrected chi connectivity index (χ4v) is 5.78. The average Bonchev–Trinajstić information content (AvgIpc) is 2.90. The van der Waals surface area contributed by atoms with Crippen molar-refractivity contribution >= 4 is 27.5 Å². The van der Waals surface area contributed by atoms with Crippen LogP contribution < -0.4 is 9.62 Å². The maximum atomic E-state index is 14.0. The second-order valence-corrected chi connectivity index (χ2v) is 12.0. The van der Waals surface area contributed by atoms with E-state index in [0.717, 1.165) is 33.0 Å². The molecule has 0 spiro atoms. The van der Waals surface area contributed by atoms with Gasteiger partial charge in [0.15, 0.2) is 0 Å². The Bertz CT molecular complexity index is 1390. The molecule has 8 heteroatoms. The zero-order valence-corrected chi connectivity index (χ0v) is 24.5. The van der Waals surface area contributed by atoms with E-state index < -0.39 is 28.5 Å². The van der Waals surface area contributed by atoms with Crippen LogP contribution in [0.1, 0.15) is 49.4 Å². The number of aryl methyl sites for hydroxylation is 3. The first-order valence-corrected chi connectivity index (χ1v) is 14.7. The molecule has 3 aromatic rings. The Hall–Kier alpha value is -3.65. The number of benzene rings is 3. The Morgan fingerprint density at radius 3 is 2.05 bits per heavy atom. The first-order valence-electron chi connectivity index (χ1n) is 13.2. The van der Waals surface area contributed by atoms with Gasteiger partial charge in [-0.3, -0.25) is 13.9 Å². The van der Waals surface area contributed by atoms with Gasteiger partial charge >= 0.3 is 0 Å². The molecule has 0 radical (unpaired) electrons. The molecule has 0 aliphatic rings. The standard InChI is InChI=1S/C31H39N3O4S/c1-7-25(5)32-31(36)26(6)33(20-27-14-12-11-13-24(27)4)30(35)21-34(28-18-22(2)17-23(3)19-28)39(37,38)29-15-9-8-10-16-29/h8-19,25-26H,7,20-21H2,1-6H3,(H,32,36). The molecule has 208 valence electrons. The Kier molecular flexibility index (Phi) is 9.92. The van der Waals surface area contributed by atoms with Crippen LogP contribution in [0.4, 0.5) is 5.69 Å². The van der Waals surface area contributed by atoms with Crippen molar-refractivity contribution in [1.82, 2.24) is 10.2 Å². The summed E-state index contributed by atoms with van der Waals surface area (Å²) < 4.78 is 28.9. The second-order valence-electron chi connectivity index (χ2n) is 10.1. The molecule has 0 aromatic heterocycles. The normalized spacial score (nSPS) is 12.9. The highest BCUT2D eigenvalue weighted by Gasteiger charge is 2.33. The molecule has 0 bridgehead atoms. The van der Waals surface area contributed by atoms with Gasteiger partial charge in [-0.2, -0.15) is 0 Å². The first kappa shape index (κ1) is 29.9. The molecule has 1 N–H and O–H groups in total. The van der Waals surface area contributed by atoms with Crippen LogP contribution >= 0.6 is 0 Å². The molecule has 0 aliphatic heterocycles. The third kappa shape index (κ3) is 7.47. The summed E-state index contributed by atoms with van der Waals surface area (Å²) in [6.07, 6.45) is 0.750. The summed E-state index contributed by atoms with van der Waals surface area (Å²) in [4.78, 5) is 28.7. The molecule has 2 atom stereocenters. The minimum Gasteiger partial charge on any atom is -0.352 e. The van der Waals surface area contributed by atoms with Crippen molar-refractivity contribution < 1.29 is 18.0 Å². The molecule has 2 unspecified atom stereocenters. The quantitative estimate of drug-likeness (QED) is 0.359. The van der Waals surface area contributed by atoms with Gasteiger partial charge in [-0.15, -0.1) is 0 Å². The molecular weight excluding hydrogens is 510 g/mol. The van der Waals surface area contributed by atoms with E-state index in [9.17, 15) is 18.0 Å². The fourth-order valence-electron chi connectivity index (χ4n) is 4.36. The number of amides is 2. The summed E-state index contributed by atoms with van der Waals surface area (Å²) in [5, 5.41) is 2.96. The van der Waals surface area contributed by atoms with Gasteiger partial charge in [0, 0.05) is 12.6 Å². The minimum absolute atomic E-state index is 0.0550. The van der Waals surface area contributed by atoms with Gasteiger partial charge in [-0.1, -0.05) is 55.5 Å². The molecule has 2 amide bonds. The van der Waals surface area contributed by atoms with Crippen molar-refractivity contribution in [3.8, 4) is 0 Å². The molecule has 0 fully saturated rings. The highest BCUT2D eigenvalue weighted by molar-refractivity contribution is 7.92. The smallest absolute Gasteiger partial charge is 0.264 e. The van der Waals surface area contributed by atoms with Gasteiger partial charge < -0.3 is 10.2 Å². The van der Waals surface area contributed by atoms with E-state index in [0.29, 0.717) is 5.69 Å². The van der Waals surface area contributed by atoms with E-state index in [4.69, 9.17) is 0 Å².